The molecule has 2 nitrogen and oxygen atoms in total. The van der Waals surface area contributed by atoms with Crippen molar-refractivity contribution in [2.24, 2.45) is 4.99 Å². The van der Waals surface area contributed by atoms with Crippen molar-refractivity contribution in [3.63, 3.8) is 0 Å². The van der Waals surface area contributed by atoms with Crippen molar-refractivity contribution >= 4 is 35.2 Å². The van der Waals surface area contributed by atoms with Crippen molar-refractivity contribution < 1.29 is 0 Å². The molecule has 0 aromatic heterocycles. The summed E-state index contributed by atoms with van der Waals surface area (Å²) in [5.41, 5.74) is 13.5. The van der Waals surface area contributed by atoms with Gasteiger partial charge < -0.3 is 5.73 Å². The highest BCUT2D eigenvalue weighted by molar-refractivity contribution is 5.98. The molecule has 2 heteroatoms. The summed E-state index contributed by atoms with van der Waals surface area (Å²) >= 11 is 0. The van der Waals surface area contributed by atoms with E-state index in [9.17, 15) is 0 Å². The third-order valence-electron chi connectivity index (χ3n) is 5.90. The molecule has 4 aromatic rings. The SMILES string of the molecule is C=C(/C(C)=c1\cccc\c1=C\C=NC)c1ccccc1/C=C\C.Nc1ccccc1-c1ccccc1. The number of allylic oxidation sites excluding steroid dienone is 2. The largest absolute Gasteiger partial charge is 0.398 e. The van der Waals surface area contributed by atoms with Gasteiger partial charge in [0.05, 0.1) is 0 Å². The van der Waals surface area contributed by atoms with Gasteiger partial charge in [-0.2, -0.15) is 0 Å². The highest BCUT2D eigenvalue weighted by Crippen LogP contribution is 2.25. The lowest BCUT2D eigenvalue weighted by Crippen LogP contribution is -2.26. The number of benzene rings is 4. The first-order valence-corrected chi connectivity index (χ1v) is 12.1. The summed E-state index contributed by atoms with van der Waals surface area (Å²) in [7, 11) is 1.78. The molecule has 0 heterocycles. The van der Waals surface area contributed by atoms with Crippen LogP contribution in [0.2, 0.25) is 0 Å². The van der Waals surface area contributed by atoms with Crippen molar-refractivity contribution in [2.75, 3.05) is 12.8 Å². The van der Waals surface area contributed by atoms with E-state index in [-0.39, 0.29) is 0 Å². The number of nitrogens with two attached hydrogens (primary N) is 1. The number of nitrogens with zero attached hydrogens (tertiary/aromatic N) is 1. The number of nitrogen functional groups attached to an aromatic ring is 1. The Labute approximate surface area is 215 Å². The molecule has 0 fully saturated rings. The predicted molar refractivity (Wildman–Crippen MR) is 160 cm³/mol. The topological polar surface area (TPSA) is 38.4 Å². The summed E-state index contributed by atoms with van der Waals surface area (Å²) in [4.78, 5) is 4.05. The standard InChI is InChI=1S/C22H23N.C12H11N/c1-5-10-19-11-6-8-13-21(19)17(2)18(3)22-14-9-7-12-20(22)15-16-23-4;13-12-9-5-4-8-11(12)10-6-2-1-3-7-10/h5-16H,2H2,1,3-4H3;1-9H,13H2/b10-5-,20-15-,22-18+,23-16?;. The molecule has 4 rings (SSSR count). The Morgan fingerprint density at radius 2 is 1.44 bits per heavy atom. The Bertz CT molecular complexity index is 1480. The molecule has 0 amide bonds. The van der Waals surface area contributed by atoms with Gasteiger partial charge in [0.25, 0.3) is 0 Å². The van der Waals surface area contributed by atoms with Crippen LogP contribution in [0.1, 0.15) is 25.0 Å². The van der Waals surface area contributed by atoms with Gasteiger partial charge >= 0.3 is 0 Å². The van der Waals surface area contributed by atoms with Crippen LogP contribution in [0.4, 0.5) is 5.69 Å². The second kappa shape index (κ2) is 13.5. The molecule has 180 valence electrons. The maximum atomic E-state index is 5.85. The maximum Gasteiger partial charge on any atom is 0.0393 e. The van der Waals surface area contributed by atoms with Gasteiger partial charge in [-0.3, -0.25) is 4.99 Å². The van der Waals surface area contributed by atoms with Crippen LogP contribution in [-0.2, 0) is 0 Å². The summed E-state index contributed by atoms with van der Waals surface area (Å²) in [5, 5.41) is 2.34. The molecule has 0 spiro atoms. The average molecular weight is 471 g/mol. The number of anilines is 1. The molecule has 0 saturated carbocycles. The fourth-order valence-corrected chi connectivity index (χ4v) is 3.98. The molecular weight excluding hydrogens is 436 g/mol. The lowest BCUT2D eigenvalue weighted by molar-refractivity contribution is 1.46. The second-order valence-electron chi connectivity index (χ2n) is 8.31. The highest BCUT2D eigenvalue weighted by atomic mass is 14.6. The summed E-state index contributed by atoms with van der Waals surface area (Å²) in [6, 6.07) is 34.8. The lowest BCUT2D eigenvalue weighted by Gasteiger charge is -2.11. The van der Waals surface area contributed by atoms with Gasteiger partial charge in [-0.25, -0.2) is 0 Å². The lowest BCUT2D eigenvalue weighted by atomic mass is 9.94. The van der Waals surface area contributed by atoms with Gasteiger partial charge in [0.2, 0.25) is 0 Å². The van der Waals surface area contributed by atoms with Crippen molar-refractivity contribution in [3.8, 4) is 11.1 Å². The highest BCUT2D eigenvalue weighted by Gasteiger charge is 2.06. The Morgan fingerprint density at radius 3 is 2.17 bits per heavy atom. The first-order valence-electron chi connectivity index (χ1n) is 12.1. The average Bonchev–Trinajstić information content (AvgIpc) is 2.93. The van der Waals surface area contributed by atoms with Crippen LogP contribution in [0.5, 0.6) is 0 Å². The molecular formula is C34H34N2. The molecule has 0 bridgehead atoms. The van der Waals surface area contributed by atoms with Crippen molar-refractivity contribution in [1.82, 2.24) is 0 Å². The molecule has 0 aliphatic heterocycles. The third kappa shape index (κ3) is 6.80. The van der Waals surface area contributed by atoms with Gasteiger partial charge in [0.1, 0.15) is 0 Å². The minimum absolute atomic E-state index is 0.828. The Balaban J connectivity index is 0.000000233. The van der Waals surface area contributed by atoms with Gasteiger partial charge in [0.15, 0.2) is 0 Å². The fraction of sp³-hybridized carbons (Fsp3) is 0.0882. The second-order valence-corrected chi connectivity index (χ2v) is 8.31. The number of hydrogen-bond acceptors (Lipinski definition) is 2. The number of rotatable bonds is 5. The van der Waals surface area contributed by atoms with E-state index in [0.717, 1.165) is 22.0 Å². The molecule has 0 radical (unpaired) electrons. The molecule has 2 N–H and O–H groups in total. The monoisotopic (exact) mass is 470 g/mol. The van der Waals surface area contributed by atoms with Gasteiger partial charge in [-0.05, 0) is 64.3 Å². The summed E-state index contributed by atoms with van der Waals surface area (Å²) in [6.07, 6.45) is 8.03. The van der Waals surface area contributed by atoms with Crippen molar-refractivity contribution in [3.05, 3.63) is 137 Å². The van der Waals surface area contributed by atoms with Crippen LogP contribution in [0.25, 0.3) is 34.4 Å². The molecule has 4 aromatic carbocycles. The summed E-state index contributed by atoms with van der Waals surface area (Å²) in [6.45, 7) is 8.51. The quantitative estimate of drug-likeness (QED) is 0.247. The molecule has 0 aliphatic rings. The minimum atomic E-state index is 0.828. The Hall–Kier alpha value is -4.43. The maximum absolute atomic E-state index is 5.85. The van der Waals surface area contributed by atoms with E-state index in [4.69, 9.17) is 5.73 Å². The van der Waals surface area contributed by atoms with Crippen molar-refractivity contribution in [2.45, 2.75) is 13.8 Å². The zero-order chi connectivity index (χ0) is 25.8. The van der Waals surface area contributed by atoms with E-state index >= 15 is 0 Å². The predicted octanol–water partition coefficient (Wildman–Crippen LogP) is 7.02. The first kappa shape index (κ1) is 26.2. The van der Waals surface area contributed by atoms with E-state index in [1.54, 1.807) is 7.05 Å². The van der Waals surface area contributed by atoms with Crippen LogP contribution in [0.3, 0.4) is 0 Å². The van der Waals surface area contributed by atoms with Crippen LogP contribution in [0, 0.1) is 0 Å². The van der Waals surface area contributed by atoms with E-state index < -0.39 is 0 Å². The van der Waals surface area contributed by atoms with E-state index in [1.165, 1.54) is 27.5 Å². The molecule has 0 saturated heterocycles. The molecule has 36 heavy (non-hydrogen) atoms. The smallest absolute Gasteiger partial charge is 0.0393 e. The molecule has 0 atom stereocenters. The number of aliphatic imine (C=N–C) groups is 1. The third-order valence-corrected chi connectivity index (χ3v) is 5.90. The minimum Gasteiger partial charge on any atom is -0.398 e. The number of hydrogen-bond donors (Lipinski definition) is 1. The van der Waals surface area contributed by atoms with E-state index in [1.807, 2.05) is 67.7 Å². The van der Waals surface area contributed by atoms with Gasteiger partial charge in [-0.15, -0.1) is 0 Å². The van der Waals surface area contributed by atoms with Crippen LogP contribution >= 0.6 is 0 Å². The van der Waals surface area contributed by atoms with Crippen molar-refractivity contribution in [1.29, 1.82) is 0 Å². The van der Waals surface area contributed by atoms with E-state index in [0.29, 0.717) is 0 Å². The summed E-state index contributed by atoms with van der Waals surface area (Å²) < 4.78 is 0. The van der Waals surface area contributed by atoms with Crippen LogP contribution in [-0.4, -0.2) is 13.3 Å². The molecule has 0 unspecified atom stereocenters. The molecule has 0 aliphatic carbocycles. The van der Waals surface area contributed by atoms with Crippen LogP contribution in [0.15, 0.2) is 121 Å². The zero-order valence-corrected chi connectivity index (χ0v) is 21.4. The number of para-hydroxylation sites is 1. The van der Waals surface area contributed by atoms with Gasteiger partial charge in [0, 0.05) is 24.5 Å². The van der Waals surface area contributed by atoms with E-state index in [2.05, 4.69) is 85.2 Å². The summed E-state index contributed by atoms with van der Waals surface area (Å²) in [5.74, 6) is 0. The zero-order valence-electron chi connectivity index (χ0n) is 21.4. The fourth-order valence-electron chi connectivity index (χ4n) is 3.98. The Morgan fingerprint density at radius 1 is 0.806 bits per heavy atom. The van der Waals surface area contributed by atoms with Gasteiger partial charge in [-0.1, -0.05) is 116 Å². The first-order chi connectivity index (χ1) is 17.6. The Kier molecular flexibility index (Phi) is 9.79. The normalized spacial score (nSPS) is 12.4. The van der Waals surface area contributed by atoms with Crippen LogP contribution < -0.4 is 16.2 Å².